The van der Waals surface area contributed by atoms with Gasteiger partial charge in [-0.3, -0.25) is 4.98 Å². The smallest absolute Gasteiger partial charge is 0.259 e. The molecule has 0 unspecified atom stereocenters. The number of nitrogens with zero attached hydrogens (tertiary/aromatic N) is 4. The second-order valence-electron chi connectivity index (χ2n) is 2.91. The zero-order chi connectivity index (χ0) is 9.26. The molecule has 4 heteroatoms. The molecule has 0 aliphatic heterocycles. The van der Waals surface area contributed by atoms with E-state index in [1.165, 1.54) is 0 Å². The lowest BCUT2D eigenvalue weighted by Crippen LogP contribution is -2.37. The molecule has 0 fully saturated rings. The van der Waals surface area contributed by atoms with Gasteiger partial charge in [0.25, 0.3) is 0 Å². The third kappa shape index (κ3) is 1.30. The zero-order valence-electron chi connectivity index (χ0n) is 7.68. The van der Waals surface area contributed by atoms with Gasteiger partial charge in [-0.25, -0.2) is 0 Å². The summed E-state index contributed by atoms with van der Waals surface area (Å²) in [6.07, 6.45) is 5.31. The number of hydrogen-bond acceptors (Lipinski definition) is 2. The van der Waals surface area contributed by atoms with Crippen molar-refractivity contribution in [3.63, 3.8) is 0 Å². The Hall–Kier alpha value is -1.71. The molecule has 0 saturated carbocycles. The Labute approximate surface area is 76.5 Å². The molecule has 2 heterocycles. The SMILES string of the molecule is Cc1ncccc1-n1cnc[n+]1C. The fraction of sp³-hybridized carbons (Fsp3) is 0.222. The largest absolute Gasteiger partial charge is 0.306 e. The first-order valence-electron chi connectivity index (χ1n) is 4.09. The lowest BCUT2D eigenvalue weighted by molar-refractivity contribution is -0.745. The van der Waals surface area contributed by atoms with Gasteiger partial charge in [0.1, 0.15) is 12.7 Å². The molecule has 0 aliphatic rings. The average molecular weight is 175 g/mol. The maximum Gasteiger partial charge on any atom is 0.306 e. The first-order chi connectivity index (χ1) is 6.29. The van der Waals surface area contributed by atoms with Gasteiger partial charge >= 0.3 is 6.33 Å². The Morgan fingerprint density at radius 2 is 2.31 bits per heavy atom. The minimum atomic E-state index is 0.996. The molecule has 0 amide bonds. The first kappa shape index (κ1) is 7.91. The minimum absolute atomic E-state index is 0.996. The summed E-state index contributed by atoms with van der Waals surface area (Å²) < 4.78 is 3.85. The van der Waals surface area contributed by atoms with Gasteiger partial charge in [-0.2, -0.15) is 4.68 Å². The number of aryl methyl sites for hydroxylation is 2. The zero-order valence-corrected chi connectivity index (χ0v) is 7.68. The van der Waals surface area contributed by atoms with E-state index < -0.39 is 0 Å². The number of hydrogen-bond donors (Lipinski definition) is 0. The normalized spacial score (nSPS) is 10.3. The Kier molecular flexibility index (Phi) is 1.81. The topological polar surface area (TPSA) is 34.6 Å². The third-order valence-electron chi connectivity index (χ3n) is 1.98. The van der Waals surface area contributed by atoms with Crippen molar-refractivity contribution in [2.75, 3.05) is 0 Å². The van der Waals surface area contributed by atoms with E-state index in [1.807, 2.05) is 35.5 Å². The lowest BCUT2D eigenvalue weighted by atomic mass is 10.3. The van der Waals surface area contributed by atoms with E-state index in [-0.39, 0.29) is 0 Å². The van der Waals surface area contributed by atoms with Crippen molar-refractivity contribution in [2.24, 2.45) is 7.05 Å². The molecular weight excluding hydrogens is 164 g/mol. The van der Waals surface area contributed by atoms with E-state index in [4.69, 9.17) is 0 Å². The van der Waals surface area contributed by atoms with Crippen LogP contribution in [0.3, 0.4) is 0 Å². The number of pyridine rings is 1. The third-order valence-corrected chi connectivity index (χ3v) is 1.98. The first-order valence-corrected chi connectivity index (χ1v) is 4.09. The van der Waals surface area contributed by atoms with Crippen LogP contribution in [0.5, 0.6) is 0 Å². The molecule has 0 bridgehead atoms. The Morgan fingerprint density at radius 1 is 1.46 bits per heavy atom. The number of aromatic nitrogens is 4. The van der Waals surface area contributed by atoms with E-state index in [9.17, 15) is 0 Å². The lowest BCUT2D eigenvalue weighted by Gasteiger charge is -2.02. The van der Waals surface area contributed by atoms with Crippen molar-refractivity contribution in [1.29, 1.82) is 0 Å². The summed E-state index contributed by atoms with van der Waals surface area (Å²) in [6.45, 7) is 1.98. The van der Waals surface area contributed by atoms with Gasteiger partial charge in [0.05, 0.1) is 5.69 Å². The predicted molar refractivity (Wildman–Crippen MR) is 47.3 cm³/mol. The molecule has 0 N–H and O–H groups in total. The highest BCUT2D eigenvalue weighted by molar-refractivity contribution is 5.32. The molecule has 0 radical (unpaired) electrons. The molecule has 0 atom stereocenters. The molecule has 0 aliphatic carbocycles. The Morgan fingerprint density at radius 3 is 2.92 bits per heavy atom. The van der Waals surface area contributed by atoms with Gasteiger partial charge in [0, 0.05) is 6.20 Å². The van der Waals surface area contributed by atoms with E-state index in [2.05, 4.69) is 9.97 Å². The summed E-state index contributed by atoms with van der Waals surface area (Å²) in [5.41, 5.74) is 2.05. The number of rotatable bonds is 1. The molecule has 0 spiro atoms. The van der Waals surface area contributed by atoms with Crippen LogP contribution in [-0.2, 0) is 7.05 Å². The predicted octanol–water partition coefficient (Wildman–Crippen LogP) is 0.400. The van der Waals surface area contributed by atoms with Crippen molar-refractivity contribution in [3.05, 3.63) is 36.7 Å². The minimum Gasteiger partial charge on any atom is -0.259 e. The van der Waals surface area contributed by atoms with Crippen LogP contribution in [0, 0.1) is 6.92 Å². The van der Waals surface area contributed by atoms with Crippen LogP contribution in [0.2, 0.25) is 0 Å². The molecule has 0 aromatic carbocycles. The molecule has 2 rings (SSSR count). The van der Waals surface area contributed by atoms with Gasteiger partial charge < -0.3 is 0 Å². The molecule has 2 aromatic heterocycles. The van der Waals surface area contributed by atoms with Crippen LogP contribution in [-0.4, -0.2) is 14.6 Å². The molecular formula is C9H11N4+. The van der Waals surface area contributed by atoms with Crippen LogP contribution < -0.4 is 4.68 Å². The molecule has 66 valence electrons. The highest BCUT2D eigenvalue weighted by Gasteiger charge is 2.07. The summed E-state index contributed by atoms with van der Waals surface area (Å²) >= 11 is 0. The van der Waals surface area contributed by atoms with Gasteiger partial charge in [0.2, 0.25) is 6.33 Å². The van der Waals surface area contributed by atoms with Gasteiger partial charge in [0.15, 0.2) is 0 Å². The summed E-state index contributed by atoms with van der Waals surface area (Å²) in [7, 11) is 1.94. The van der Waals surface area contributed by atoms with Crippen molar-refractivity contribution in [3.8, 4) is 5.69 Å². The summed E-state index contributed by atoms with van der Waals surface area (Å²) in [4.78, 5) is 8.25. The molecule has 13 heavy (non-hydrogen) atoms. The average Bonchev–Trinajstić information content (AvgIpc) is 2.52. The van der Waals surface area contributed by atoms with E-state index in [0.717, 1.165) is 11.4 Å². The van der Waals surface area contributed by atoms with Gasteiger partial charge in [-0.05, 0) is 24.0 Å². The van der Waals surface area contributed by atoms with E-state index in [1.54, 1.807) is 18.9 Å². The quantitative estimate of drug-likeness (QED) is 0.588. The van der Waals surface area contributed by atoms with Crippen LogP contribution in [0.15, 0.2) is 31.0 Å². The molecule has 0 saturated heterocycles. The summed E-state index contributed by atoms with van der Waals surface area (Å²) in [5.74, 6) is 0. The molecule has 2 aromatic rings. The van der Waals surface area contributed by atoms with Gasteiger partial charge in [-0.1, -0.05) is 0 Å². The maximum atomic E-state index is 4.21. The second kappa shape index (κ2) is 2.97. The fourth-order valence-corrected chi connectivity index (χ4v) is 1.28. The van der Waals surface area contributed by atoms with Crippen LogP contribution in [0.4, 0.5) is 0 Å². The van der Waals surface area contributed by atoms with Crippen molar-refractivity contribution in [2.45, 2.75) is 6.92 Å². The van der Waals surface area contributed by atoms with E-state index in [0.29, 0.717) is 0 Å². The maximum absolute atomic E-state index is 4.21. The van der Waals surface area contributed by atoms with Crippen molar-refractivity contribution >= 4 is 0 Å². The summed E-state index contributed by atoms with van der Waals surface area (Å²) in [6, 6.07) is 3.94. The Bertz CT molecular complexity index is 419. The highest BCUT2D eigenvalue weighted by atomic mass is 15.4. The van der Waals surface area contributed by atoms with Crippen LogP contribution in [0.25, 0.3) is 5.69 Å². The van der Waals surface area contributed by atoms with Gasteiger partial charge in [-0.15, -0.1) is 4.68 Å². The Balaban J connectivity index is 2.59. The van der Waals surface area contributed by atoms with Crippen LogP contribution >= 0.6 is 0 Å². The van der Waals surface area contributed by atoms with Crippen molar-refractivity contribution in [1.82, 2.24) is 14.6 Å². The van der Waals surface area contributed by atoms with E-state index >= 15 is 0 Å². The van der Waals surface area contributed by atoms with Crippen LogP contribution in [0.1, 0.15) is 5.69 Å². The standard InChI is InChI=1S/C9H11N4/c1-8-9(4-3-5-11-8)13-7-10-6-12(13)2/h3-7H,1-2H3/q+1. The van der Waals surface area contributed by atoms with Crippen molar-refractivity contribution < 1.29 is 4.68 Å². The highest BCUT2D eigenvalue weighted by Crippen LogP contribution is 2.06. The summed E-state index contributed by atoms with van der Waals surface area (Å²) in [5, 5.41) is 0. The second-order valence-corrected chi connectivity index (χ2v) is 2.91. The molecule has 4 nitrogen and oxygen atoms in total. The fourth-order valence-electron chi connectivity index (χ4n) is 1.28. The monoisotopic (exact) mass is 175 g/mol.